The van der Waals surface area contributed by atoms with E-state index in [0.29, 0.717) is 0 Å². The van der Waals surface area contributed by atoms with Gasteiger partial charge in [-0.25, -0.2) is 0 Å². The minimum absolute atomic E-state index is 0.0671. The highest BCUT2D eigenvalue weighted by molar-refractivity contribution is 6.39. The molecule has 1 aliphatic rings. The number of nitrogens with one attached hydrogen (secondary N) is 1. The van der Waals surface area contributed by atoms with Crippen molar-refractivity contribution in [1.82, 2.24) is 5.32 Å². The topological polar surface area (TPSA) is 66.4 Å². The Balaban J connectivity index is 2.71. The van der Waals surface area contributed by atoms with Crippen molar-refractivity contribution in [1.29, 1.82) is 0 Å². The summed E-state index contributed by atoms with van der Waals surface area (Å²) in [5.74, 6) is -1.41. The SMILES string of the molecule is O=C1NCC(O)C1=O. The molecule has 1 atom stereocenters. The van der Waals surface area contributed by atoms with Gasteiger partial charge < -0.3 is 10.4 Å². The fraction of sp³-hybridized carbons (Fsp3) is 0.500. The second kappa shape index (κ2) is 1.56. The first-order chi connectivity index (χ1) is 3.72. The zero-order chi connectivity index (χ0) is 6.15. The van der Waals surface area contributed by atoms with Gasteiger partial charge in [-0.2, -0.15) is 0 Å². The lowest BCUT2D eigenvalue weighted by Crippen LogP contribution is -2.20. The number of ketones is 1. The standard InChI is InChI=1S/C4H5NO3/c6-2-1-5-4(8)3(2)7/h2,6H,1H2,(H,5,8). The van der Waals surface area contributed by atoms with Gasteiger partial charge in [0.25, 0.3) is 5.91 Å². The quantitative estimate of drug-likeness (QED) is 0.360. The Morgan fingerprint density at radius 2 is 2.25 bits per heavy atom. The lowest BCUT2D eigenvalue weighted by Gasteiger charge is -1.87. The van der Waals surface area contributed by atoms with Gasteiger partial charge in [0.1, 0.15) is 6.10 Å². The minimum Gasteiger partial charge on any atom is -0.383 e. The van der Waals surface area contributed by atoms with Gasteiger partial charge in [0, 0.05) is 0 Å². The molecule has 1 fully saturated rings. The molecule has 0 radical (unpaired) electrons. The first-order valence-electron chi connectivity index (χ1n) is 2.22. The van der Waals surface area contributed by atoms with Crippen molar-refractivity contribution in [3.05, 3.63) is 0 Å². The van der Waals surface area contributed by atoms with Gasteiger partial charge in [-0.05, 0) is 0 Å². The van der Waals surface area contributed by atoms with Crippen molar-refractivity contribution in [2.75, 3.05) is 6.54 Å². The van der Waals surface area contributed by atoms with Crippen molar-refractivity contribution < 1.29 is 14.7 Å². The molecule has 0 aromatic carbocycles. The van der Waals surface area contributed by atoms with E-state index in [1.807, 2.05) is 0 Å². The van der Waals surface area contributed by atoms with Gasteiger partial charge in [-0.3, -0.25) is 9.59 Å². The predicted octanol–water partition coefficient (Wildman–Crippen LogP) is -1.95. The molecule has 0 saturated carbocycles. The third-order valence-corrected chi connectivity index (χ3v) is 0.982. The fourth-order valence-corrected chi connectivity index (χ4v) is 0.521. The summed E-state index contributed by atoms with van der Waals surface area (Å²) in [6.45, 7) is 0.0671. The normalized spacial score (nSPS) is 28.4. The second-order valence-corrected chi connectivity index (χ2v) is 1.59. The van der Waals surface area contributed by atoms with E-state index in [0.717, 1.165) is 0 Å². The monoisotopic (exact) mass is 115 g/mol. The number of carbonyl (C=O) groups is 2. The molecule has 0 aliphatic carbocycles. The Hall–Kier alpha value is -0.900. The number of carbonyl (C=O) groups excluding carboxylic acids is 2. The molecule has 2 N–H and O–H groups in total. The molecule has 4 nitrogen and oxygen atoms in total. The zero-order valence-corrected chi connectivity index (χ0v) is 4.05. The highest BCUT2D eigenvalue weighted by Gasteiger charge is 2.29. The number of hydrogen-bond donors (Lipinski definition) is 2. The van der Waals surface area contributed by atoms with Crippen LogP contribution in [0.3, 0.4) is 0 Å². The van der Waals surface area contributed by atoms with Crippen LogP contribution in [-0.2, 0) is 9.59 Å². The van der Waals surface area contributed by atoms with Crippen LogP contribution in [0.2, 0.25) is 0 Å². The van der Waals surface area contributed by atoms with Crippen LogP contribution in [0.5, 0.6) is 0 Å². The van der Waals surface area contributed by atoms with Gasteiger partial charge in [-0.15, -0.1) is 0 Å². The van der Waals surface area contributed by atoms with Crippen LogP contribution in [0.25, 0.3) is 0 Å². The molecule has 1 unspecified atom stereocenters. The maximum absolute atomic E-state index is 10.2. The molecular formula is C4H5NO3. The van der Waals surface area contributed by atoms with Gasteiger partial charge in [0.15, 0.2) is 0 Å². The number of rotatable bonds is 0. The molecular weight excluding hydrogens is 110 g/mol. The Kier molecular flexibility index (Phi) is 1.02. The van der Waals surface area contributed by atoms with E-state index in [1.54, 1.807) is 0 Å². The highest BCUT2D eigenvalue weighted by Crippen LogP contribution is 1.91. The van der Waals surface area contributed by atoms with Gasteiger partial charge in [-0.1, -0.05) is 0 Å². The van der Waals surface area contributed by atoms with E-state index in [1.165, 1.54) is 0 Å². The van der Waals surface area contributed by atoms with E-state index < -0.39 is 17.8 Å². The van der Waals surface area contributed by atoms with Crippen molar-refractivity contribution in [2.45, 2.75) is 6.10 Å². The average molecular weight is 115 g/mol. The van der Waals surface area contributed by atoms with Crippen molar-refractivity contribution in [2.24, 2.45) is 0 Å². The van der Waals surface area contributed by atoms with Crippen LogP contribution in [0.4, 0.5) is 0 Å². The minimum atomic E-state index is -1.11. The number of β-amino-alcohol motifs (C(OH)–C–C–N with tert-alkyl or cyclic N) is 1. The first kappa shape index (κ1) is 5.24. The Bertz CT molecular complexity index is 142. The summed E-state index contributed by atoms with van der Waals surface area (Å²) in [7, 11) is 0. The van der Waals surface area contributed by atoms with E-state index in [-0.39, 0.29) is 6.54 Å². The Morgan fingerprint density at radius 3 is 2.38 bits per heavy atom. The molecule has 1 rings (SSSR count). The lowest BCUT2D eigenvalue weighted by molar-refractivity contribution is -0.138. The van der Waals surface area contributed by atoms with Crippen molar-refractivity contribution in [3.8, 4) is 0 Å². The summed E-state index contributed by atoms with van der Waals surface area (Å²) >= 11 is 0. The maximum atomic E-state index is 10.2. The summed E-state index contributed by atoms with van der Waals surface area (Å²) in [5, 5.41) is 10.7. The fourth-order valence-electron chi connectivity index (χ4n) is 0.521. The van der Waals surface area contributed by atoms with Gasteiger partial charge in [0.05, 0.1) is 6.54 Å². The number of hydrogen-bond acceptors (Lipinski definition) is 3. The predicted molar refractivity (Wildman–Crippen MR) is 24.0 cm³/mol. The molecule has 44 valence electrons. The largest absolute Gasteiger partial charge is 0.383 e. The van der Waals surface area contributed by atoms with Crippen LogP contribution < -0.4 is 5.32 Å². The molecule has 4 heteroatoms. The molecule has 8 heavy (non-hydrogen) atoms. The van der Waals surface area contributed by atoms with E-state index >= 15 is 0 Å². The summed E-state index contributed by atoms with van der Waals surface area (Å²) < 4.78 is 0. The first-order valence-corrected chi connectivity index (χ1v) is 2.22. The maximum Gasteiger partial charge on any atom is 0.290 e. The van der Waals surface area contributed by atoms with Crippen molar-refractivity contribution in [3.63, 3.8) is 0 Å². The molecule has 1 amide bonds. The Morgan fingerprint density at radius 1 is 1.62 bits per heavy atom. The molecule has 0 spiro atoms. The number of aliphatic hydroxyl groups excluding tert-OH is 1. The number of aliphatic hydroxyl groups is 1. The van der Waals surface area contributed by atoms with Crippen LogP contribution in [0.1, 0.15) is 0 Å². The van der Waals surface area contributed by atoms with E-state index in [4.69, 9.17) is 5.11 Å². The molecule has 0 bridgehead atoms. The summed E-state index contributed by atoms with van der Waals surface area (Å²) in [6, 6.07) is 0. The summed E-state index contributed by atoms with van der Waals surface area (Å²) in [5.41, 5.74) is 0. The number of amides is 1. The average Bonchev–Trinajstić information content (AvgIpc) is 1.98. The second-order valence-electron chi connectivity index (χ2n) is 1.59. The highest BCUT2D eigenvalue weighted by atomic mass is 16.3. The van der Waals surface area contributed by atoms with Gasteiger partial charge >= 0.3 is 0 Å². The summed E-state index contributed by atoms with van der Waals surface area (Å²) in [6.07, 6.45) is -1.11. The molecule has 1 saturated heterocycles. The van der Waals surface area contributed by atoms with Crippen LogP contribution >= 0.6 is 0 Å². The zero-order valence-electron chi connectivity index (χ0n) is 4.05. The summed E-state index contributed by atoms with van der Waals surface area (Å²) in [4.78, 5) is 20.4. The third kappa shape index (κ3) is 0.586. The molecule has 0 aromatic rings. The van der Waals surface area contributed by atoms with E-state index in [9.17, 15) is 9.59 Å². The smallest absolute Gasteiger partial charge is 0.290 e. The molecule has 0 aromatic heterocycles. The Labute approximate surface area is 45.5 Å². The third-order valence-electron chi connectivity index (χ3n) is 0.982. The molecule has 1 heterocycles. The lowest BCUT2D eigenvalue weighted by atomic mass is 10.3. The van der Waals surface area contributed by atoms with E-state index in [2.05, 4.69) is 5.32 Å². The number of Topliss-reactive ketones (excluding diaryl/α,β-unsaturated/α-hetero) is 1. The van der Waals surface area contributed by atoms with Crippen LogP contribution in [0.15, 0.2) is 0 Å². The van der Waals surface area contributed by atoms with Crippen LogP contribution in [-0.4, -0.2) is 29.4 Å². The molecule has 1 aliphatic heterocycles. The van der Waals surface area contributed by atoms with Crippen LogP contribution in [0, 0.1) is 0 Å². The van der Waals surface area contributed by atoms with Crippen molar-refractivity contribution >= 4 is 11.7 Å². The van der Waals surface area contributed by atoms with Gasteiger partial charge in [0.2, 0.25) is 5.78 Å².